The second-order valence-corrected chi connectivity index (χ2v) is 5.84. The molecular weight excluding hydrogens is 286 g/mol. The molecule has 0 aliphatic carbocycles. The lowest BCUT2D eigenvalue weighted by molar-refractivity contribution is 0.0976. The highest BCUT2D eigenvalue weighted by Gasteiger charge is 2.32. The van der Waals surface area contributed by atoms with Gasteiger partial charge in [-0.15, -0.1) is 0 Å². The van der Waals surface area contributed by atoms with Crippen molar-refractivity contribution in [3.63, 3.8) is 0 Å². The molecule has 0 unspecified atom stereocenters. The van der Waals surface area contributed by atoms with Crippen LogP contribution in [0.25, 0.3) is 5.69 Å². The Balaban J connectivity index is 1.67. The lowest BCUT2D eigenvalue weighted by atomic mass is 10.1. The number of nitrogens with zero attached hydrogens (tertiary/aromatic N) is 3. The maximum Gasteiger partial charge on any atom is 0.279 e. The van der Waals surface area contributed by atoms with Crippen LogP contribution < -0.4 is 4.90 Å². The third-order valence-electron chi connectivity index (χ3n) is 4.25. The predicted octanol–water partition coefficient (Wildman–Crippen LogP) is 3.46. The molecule has 4 rings (SSSR count). The number of para-hydroxylation sites is 2. The van der Waals surface area contributed by atoms with Crippen LogP contribution >= 0.6 is 0 Å². The van der Waals surface area contributed by atoms with Crippen LogP contribution in [0.5, 0.6) is 0 Å². The molecule has 1 aliphatic rings. The molecule has 0 spiro atoms. The van der Waals surface area contributed by atoms with Crippen molar-refractivity contribution in [1.82, 2.24) is 9.78 Å². The largest absolute Gasteiger partial charge is 0.304 e. The van der Waals surface area contributed by atoms with E-state index >= 15 is 0 Å². The van der Waals surface area contributed by atoms with E-state index in [-0.39, 0.29) is 11.9 Å². The molecular formula is C19H17N3O. The highest BCUT2D eigenvalue weighted by atomic mass is 16.2. The van der Waals surface area contributed by atoms with Gasteiger partial charge >= 0.3 is 0 Å². The zero-order chi connectivity index (χ0) is 15.8. The van der Waals surface area contributed by atoms with Crippen molar-refractivity contribution in [2.45, 2.75) is 19.4 Å². The Bertz CT molecular complexity index is 854. The van der Waals surface area contributed by atoms with Crippen LogP contribution in [0.2, 0.25) is 0 Å². The van der Waals surface area contributed by atoms with E-state index in [1.165, 1.54) is 5.56 Å². The molecule has 2 aromatic carbocycles. The molecule has 1 aromatic heterocycles. The third kappa shape index (κ3) is 2.32. The fraction of sp³-hybridized carbons (Fsp3) is 0.158. The van der Waals surface area contributed by atoms with Gasteiger partial charge in [-0.25, -0.2) is 4.68 Å². The summed E-state index contributed by atoms with van der Waals surface area (Å²) in [6.45, 7) is 2.08. The highest BCUT2D eigenvalue weighted by molar-refractivity contribution is 6.06. The summed E-state index contributed by atoms with van der Waals surface area (Å²) in [5, 5.41) is 4.46. The van der Waals surface area contributed by atoms with Crippen molar-refractivity contribution in [3.8, 4) is 5.69 Å². The van der Waals surface area contributed by atoms with E-state index in [1.807, 2.05) is 59.6 Å². The van der Waals surface area contributed by atoms with Gasteiger partial charge in [-0.3, -0.25) is 4.79 Å². The molecule has 0 saturated heterocycles. The standard InChI is InChI=1S/C19H17N3O/c1-14-13-15-7-5-6-10-18(15)22(14)19(23)17-11-12-21(20-17)16-8-3-2-4-9-16/h2-12,14H,13H2,1H3/t14-/m0/s1. The minimum atomic E-state index is -0.0443. The Kier molecular flexibility index (Phi) is 3.23. The quantitative estimate of drug-likeness (QED) is 0.727. The van der Waals surface area contributed by atoms with Gasteiger partial charge in [-0.05, 0) is 43.2 Å². The molecule has 4 nitrogen and oxygen atoms in total. The fourth-order valence-corrected chi connectivity index (χ4v) is 3.16. The topological polar surface area (TPSA) is 38.1 Å². The number of carbonyl (C=O) groups excluding carboxylic acids is 1. The number of rotatable bonds is 2. The number of fused-ring (bicyclic) bond motifs is 1. The summed E-state index contributed by atoms with van der Waals surface area (Å²) in [5.41, 5.74) is 3.63. The monoisotopic (exact) mass is 303 g/mol. The van der Waals surface area contributed by atoms with Crippen LogP contribution in [-0.2, 0) is 6.42 Å². The van der Waals surface area contributed by atoms with Gasteiger partial charge in [-0.2, -0.15) is 5.10 Å². The summed E-state index contributed by atoms with van der Waals surface area (Å²) in [7, 11) is 0. The first kappa shape index (κ1) is 13.8. The molecule has 3 aromatic rings. The molecule has 0 fully saturated rings. The summed E-state index contributed by atoms with van der Waals surface area (Å²) in [6.07, 6.45) is 2.72. The smallest absolute Gasteiger partial charge is 0.279 e. The van der Waals surface area contributed by atoms with Crippen LogP contribution in [0.4, 0.5) is 5.69 Å². The number of hydrogen-bond donors (Lipinski definition) is 0. The Labute approximate surface area is 135 Å². The Morgan fingerprint density at radius 1 is 1.04 bits per heavy atom. The Morgan fingerprint density at radius 3 is 2.61 bits per heavy atom. The van der Waals surface area contributed by atoms with Gasteiger partial charge in [0.05, 0.1) is 5.69 Å². The summed E-state index contributed by atoms with van der Waals surface area (Å²) in [5.74, 6) is -0.0443. The maximum absolute atomic E-state index is 12.9. The van der Waals surface area contributed by atoms with Crippen LogP contribution in [0, 0.1) is 0 Å². The minimum absolute atomic E-state index is 0.0443. The summed E-state index contributed by atoms with van der Waals surface area (Å²) in [4.78, 5) is 14.8. The van der Waals surface area contributed by atoms with Crippen molar-refractivity contribution < 1.29 is 4.79 Å². The van der Waals surface area contributed by atoms with Crippen molar-refractivity contribution >= 4 is 11.6 Å². The molecule has 2 heterocycles. The second kappa shape index (κ2) is 5.39. The number of amides is 1. The van der Waals surface area contributed by atoms with E-state index in [9.17, 15) is 4.79 Å². The van der Waals surface area contributed by atoms with Crippen molar-refractivity contribution in [2.24, 2.45) is 0 Å². The summed E-state index contributed by atoms with van der Waals surface area (Å²) >= 11 is 0. The Hall–Kier alpha value is -2.88. The van der Waals surface area contributed by atoms with Gasteiger partial charge in [0.2, 0.25) is 0 Å². The van der Waals surface area contributed by atoms with Crippen LogP contribution in [0.1, 0.15) is 23.0 Å². The van der Waals surface area contributed by atoms with Crippen molar-refractivity contribution in [3.05, 3.63) is 78.1 Å². The molecule has 0 saturated carbocycles. The summed E-state index contributed by atoms with van der Waals surface area (Å²) in [6, 6.07) is 19.8. The van der Waals surface area contributed by atoms with Gasteiger partial charge in [0.25, 0.3) is 5.91 Å². The van der Waals surface area contributed by atoms with Crippen molar-refractivity contribution in [2.75, 3.05) is 4.90 Å². The van der Waals surface area contributed by atoms with E-state index in [1.54, 1.807) is 10.7 Å². The van der Waals surface area contributed by atoms with E-state index in [2.05, 4.69) is 18.1 Å². The van der Waals surface area contributed by atoms with Gasteiger partial charge in [-0.1, -0.05) is 36.4 Å². The molecule has 4 heteroatoms. The first-order valence-corrected chi connectivity index (χ1v) is 7.76. The minimum Gasteiger partial charge on any atom is -0.304 e. The van der Waals surface area contributed by atoms with E-state index in [0.29, 0.717) is 5.69 Å². The summed E-state index contributed by atoms with van der Waals surface area (Å²) < 4.78 is 1.74. The SMILES string of the molecule is C[C@H]1Cc2ccccc2N1C(=O)c1ccn(-c2ccccc2)n1. The number of aromatic nitrogens is 2. The van der Waals surface area contributed by atoms with Gasteiger partial charge < -0.3 is 4.90 Å². The number of benzene rings is 2. The number of anilines is 1. The number of hydrogen-bond acceptors (Lipinski definition) is 2. The fourth-order valence-electron chi connectivity index (χ4n) is 3.16. The zero-order valence-electron chi connectivity index (χ0n) is 12.9. The lowest BCUT2D eigenvalue weighted by Crippen LogP contribution is -2.36. The molecule has 1 aliphatic heterocycles. The third-order valence-corrected chi connectivity index (χ3v) is 4.25. The molecule has 1 atom stereocenters. The van der Waals surface area contributed by atoms with Crippen LogP contribution in [0.15, 0.2) is 66.9 Å². The van der Waals surface area contributed by atoms with E-state index in [4.69, 9.17) is 0 Å². The molecule has 0 bridgehead atoms. The maximum atomic E-state index is 12.9. The van der Waals surface area contributed by atoms with E-state index < -0.39 is 0 Å². The second-order valence-electron chi connectivity index (χ2n) is 5.84. The average Bonchev–Trinajstić information content (AvgIpc) is 3.19. The normalized spacial score (nSPS) is 16.4. The van der Waals surface area contributed by atoms with Gasteiger partial charge in [0, 0.05) is 17.9 Å². The number of carbonyl (C=O) groups is 1. The predicted molar refractivity (Wildman–Crippen MR) is 90.0 cm³/mol. The molecule has 0 N–H and O–H groups in total. The molecule has 1 amide bonds. The first-order valence-electron chi connectivity index (χ1n) is 7.76. The first-order chi connectivity index (χ1) is 11.2. The lowest BCUT2D eigenvalue weighted by Gasteiger charge is -2.21. The average molecular weight is 303 g/mol. The van der Waals surface area contributed by atoms with Crippen LogP contribution in [-0.4, -0.2) is 21.7 Å². The van der Waals surface area contributed by atoms with Gasteiger partial charge in [0.15, 0.2) is 5.69 Å². The van der Waals surface area contributed by atoms with Crippen LogP contribution in [0.3, 0.4) is 0 Å². The highest BCUT2D eigenvalue weighted by Crippen LogP contribution is 2.32. The van der Waals surface area contributed by atoms with Crippen molar-refractivity contribution in [1.29, 1.82) is 0 Å². The molecule has 0 radical (unpaired) electrons. The molecule has 114 valence electrons. The Morgan fingerprint density at radius 2 is 1.78 bits per heavy atom. The zero-order valence-corrected chi connectivity index (χ0v) is 12.9. The molecule has 23 heavy (non-hydrogen) atoms. The van der Waals surface area contributed by atoms with Gasteiger partial charge in [0.1, 0.15) is 0 Å². The van der Waals surface area contributed by atoms with E-state index in [0.717, 1.165) is 17.8 Å².